The summed E-state index contributed by atoms with van der Waals surface area (Å²) in [5, 5.41) is 2.53. The molecule has 4 nitrogen and oxygen atoms in total. The van der Waals surface area contributed by atoms with E-state index < -0.39 is 18.1 Å². The van der Waals surface area contributed by atoms with E-state index in [0.717, 1.165) is 13.1 Å². The summed E-state index contributed by atoms with van der Waals surface area (Å²) < 4.78 is 43.6. The zero-order chi connectivity index (χ0) is 18.8. The van der Waals surface area contributed by atoms with Crippen molar-refractivity contribution in [1.29, 1.82) is 0 Å². The summed E-state index contributed by atoms with van der Waals surface area (Å²) in [5.41, 5.74) is 0.393. The predicted molar refractivity (Wildman–Crippen MR) is 90.2 cm³/mol. The van der Waals surface area contributed by atoms with E-state index in [1.807, 2.05) is 7.05 Å². The zero-order valence-corrected chi connectivity index (χ0v) is 15.3. The standard InChI is InChI=1S/C16H19Cl2F3N2O2/c1-23-5-3-9(4-6-23)14(22-15(24)16(19,20)21)10-7-11(17)12(18)8-13(10)25-2/h7-9,14H,3-6H2,1-2H3,(H,22,24). The van der Waals surface area contributed by atoms with Gasteiger partial charge in [0.15, 0.2) is 0 Å². The van der Waals surface area contributed by atoms with Gasteiger partial charge in [0.1, 0.15) is 5.75 Å². The Morgan fingerprint density at radius 1 is 1.28 bits per heavy atom. The summed E-state index contributed by atoms with van der Waals surface area (Å²) in [6, 6.07) is 2.04. The molecule has 1 atom stereocenters. The molecule has 1 heterocycles. The molecule has 25 heavy (non-hydrogen) atoms. The van der Waals surface area contributed by atoms with Gasteiger partial charge < -0.3 is 15.0 Å². The summed E-state index contributed by atoms with van der Waals surface area (Å²) >= 11 is 12.0. The normalized spacial score (nSPS) is 18.0. The fourth-order valence-electron chi connectivity index (χ4n) is 3.00. The lowest BCUT2D eigenvalue weighted by molar-refractivity contribution is -0.175. The largest absolute Gasteiger partial charge is 0.496 e. The Labute approximate surface area is 154 Å². The molecule has 1 fully saturated rings. The van der Waals surface area contributed by atoms with E-state index in [1.54, 1.807) is 0 Å². The van der Waals surface area contributed by atoms with Gasteiger partial charge in [-0.05, 0) is 45.0 Å². The molecule has 1 aromatic carbocycles. The molecule has 1 aliphatic rings. The molecule has 9 heteroatoms. The molecule has 1 amide bonds. The maximum Gasteiger partial charge on any atom is 0.471 e. The van der Waals surface area contributed by atoms with Crippen molar-refractivity contribution in [3.05, 3.63) is 27.7 Å². The zero-order valence-electron chi connectivity index (χ0n) is 13.8. The average Bonchev–Trinajstić information content (AvgIpc) is 2.54. The highest BCUT2D eigenvalue weighted by Gasteiger charge is 2.42. The predicted octanol–water partition coefficient (Wildman–Crippen LogP) is 4.06. The second-order valence-electron chi connectivity index (χ2n) is 6.10. The molecule has 1 unspecified atom stereocenters. The smallest absolute Gasteiger partial charge is 0.471 e. The van der Waals surface area contributed by atoms with Crippen LogP contribution in [0.1, 0.15) is 24.4 Å². The first-order valence-electron chi connectivity index (χ1n) is 7.72. The molecule has 140 valence electrons. The lowest BCUT2D eigenvalue weighted by Gasteiger charge is -2.35. The van der Waals surface area contributed by atoms with E-state index in [9.17, 15) is 18.0 Å². The topological polar surface area (TPSA) is 41.6 Å². The number of alkyl halides is 3. The number of amides is 1. The third-order valence-electron chi connectivity index (χ3n) is 4.39. The van der Waals surface area contributed by atoms with Crippen molar-refractivity contribution < 1.29 is 22.7 Å². The van der Waals surface area contributed by atoms with Crippen molar-refractivity contribution in [2.45, 2.75) is 25.1 Å². The SMILES string of the molecule is COc1cc(Cl)c(Cl)cc1C(NC(=O)C(F)(F)F)C1CCN(C)CC1. The van der Waals surface area contributed by atoms with Gasteiger partial charge in [-0.3, -0.25) is 4.79 Å². The Balaban J connectivity index is 2.40. The van der Waals surface area contributed by atoms with E-state index in [1.165, 1.54) is 19.2 Å². The van der Waals surface area contributed by atoms with Crippen LogP contribution >= 0.6 is 23.2 Å². The van der Waals surface area contributed by atoms with Crippen LogP contribution in [0.5, 0.6) is 5.75 Å². The van der Waals surface area contributed by atoms with Crippen LogP contribution in [0.3, 0.4) is 0 Å². The monoisotopic (exact) mass is 398 g/mol. The quantitative estimate of drug-likeness (QED) is 0.831. The molecule has 0 saturated carbocycles. The van der Waals surface area contributed by atoms with E-state index in [2.05, 4.69) is 10.2 Å². The van der Waals surface area contributed by atoms with Gasteiger partial charge in [-0.15, -0.1) is 0 Å². The number of nitrogens with one attached hydrogen (secondary N) is 1. The Morgan fingerprint density at radius 3 is 2.36 bits per heavy atom. The number of benzene rings is 1. The Hall–Kier alpha value is -1.18. The molecule has 0 aliphatic carbocycles. The highest BCUT2D eigenvalue weighted by molar-refractivity contribution is 6.42. The van der Waals surface area contributed by atoms with Crippen molar-refractivity contribution in [2.24, 2.45) is 5.92 Å². The fraction of sp³-hybridized carbons (Fsp3) is 0.562. The molecule has 2 rings (SSSR count). The van der Waals surface area contributed by atoms with Gasteiger partial charge in [-0.1, -0.05) is 23.2 Å². The van der Waals surface area contributed by atoms with Crippen molar-refractivity contribution in [1.82, 2.24) is 10.2 Å². The van der Waals surface area contributed by atoms with Crippen molar-refractivity contribution in [3.63, 3.8) is 0 Å². The van der Waals surface area contributed by atoms with E-state index in [-0.39, 0.29) is 16.0 Å². The first-order valence-corrected chi connectivity index (χ1v) is 8.48. The van der Waals surface area contributed by atoms with E-state index >= 15 is 0 Å². The number of ether oxygens (including phenoxy) is 1. The highest BCUT2D eigenvalue weighted by Crippen LogP contribution is 2.40. The minimum absolute atomic E-state index is 0.173. The van der Waals surface area contributed by atoms with Gasteiger partial charge >= 0.3 is 12.1 Å². The maximum atomic E-state index is 12.8. The molecule has 1 aromatic rings. The molecule has 1 aliphatic heterocycles. The maximum absolute atomic E-state index is 12.8. The highest BCUT2D eigenvalue weighted by atomic mass is 35.5. The third-order valence-corrected chi connectivity index (χ3v) is 5.11. The molecule has 0 aromatic heterocycles. The van der Waals surface area contributed by atoms with Gasteiger partial charge in [-0.25, -0.2) is 0 Å². The Kier molecular flexibility index (Phi) is 6.45. The molecule has 0 spiro atoms. The molecular formula is C16H19Cl2F3N2O2. The number of methoxy groups -OCH3 is 1. The molecule has 0 radical (unpaired) electrons. The number of hydrogen-bond donors (Lipinski definition) is 1. The average molecular weight is 399 g/mol. The summed E-state index contributed by atoms with van der Waals surface area (Å²) in [4.78, 5) is 13.6. The number of rotatable bonds is 4. The number of nitrogens with zero attached hydrogens (tertiary/aromatic N) is 1. The Bertz CT molecular complexity index is 633. The minimum Gasteiger partial charge on any atom is -0.496 e. The summed E-state index contributed by atoms with van der Waals surface area (Å²) in [7, 11) is 3.33. The summed E-state index contributed by atoms with van der Waals surface area (Å²) in [5.74, 6) is -1.86. The van der Waals surface area contributed by atoms with Gasteiger partial charge in [0.2, 0.25) is 0 Å². The molecular weight excluding hydrogens is 380 g/mol. The van der Waals surface area contributed by atoms with Crippen molar-refractivity contribution in [2.75, 3.05) is 27.2 Å². The van der Waals surface area contributed by atoms with Crippen LogP contribution in [0.25, 0.3) is 0 Å². The molecule has 0 bridgehead atoms. The van der Waals surface area contributed by atoms with Crippen LogP contribution in [-0.4, -0.2) is 44.2 Å². The van der Waals surface area contributed by atoms with Gasteiger partial charge in [0, 0.05) is 11.6 Å². The fourth-order valence-corrected chi connectivity index (χ4v) is 3.32. The van der Waals surface area contributed by atoms with Gasteiger partial charge in [0.05, 0.1) is 23.2 Å². The van der Waals surface area contributed by atoms with Crippen molar-refractivity contribution in [3.8, 4) is 5.75 Å². The van der Waals surface area contributed by atoms with Crippen LogP contribution in [0, 0.1) is 5.92 Å². The third kappa shape index (κ3) is 4.92. The first-order chi connectivity index (χ1) is 11.6. The van der Waals surface area contributed by atoms with Crippen LogP contribution in [0.4, 0.5) is 13.2 Å². The van der Waals surface area contributed by atoms with Gasteiger partial charge in [-0.2, -0.15) is 13.2 Å². The summed E-state index contributed by atoms with van der Waals surface area (Å²) in [6.45, 7) is 1.46. The Morgan fingerprint density at radius 2 is 1.84 bits per heavy atom. The van der Waals surface area contributed by atoms with E-state index in [0.29, 0.717) is 24.2 Å². The number of piperidine rings is 1. The first kappa shape index (κ1) is 20.1. The van der Waals surface area contributed by atoms with Crippen molar-refractivity contribution >= 4 is 29.1 Å². The summed E-state index contributed by atoms with van der Waals surface area (Å²) in [6.07, 6.45) is -3.68. The number of carbonyl (C=O) groups is 1. The minimum atomic E-state index is -4.97. The number of likely N-dealkylation sites (tertiary alicyclic amines) is 1. The van der Waals surface area contributed by atoms with E-state index in [4.69, 9.17) is 27.9 Å². The van der Waals surface area contributed by atoms with Crippen LogP contribution in [0.2, 0.25) is 10.0 Å². The van der Waals surface area contributed by atoms with Crippen LogP contribution in [0.15, 0.2) is 12.1 Å². The van der Waals surface area contributed by atoms with Crippen LogP contribution in [-0.2, 0) is 4.79 Å². The van der Waals surface area contributed by atoms with Crippen LogP contribution < -0.4 is 10.1 Å². The number of carbonyl (C=O) groups excluding carboxylic acids is 1. The second-order valence-corrected chi connectivity index (χ2v) is 6.91. The lowest BCUT2D eigenvalue weighted by Crippen LogP contribution is -2.44. The van der Waals surface area contributed by atoms with Gasteiger partial charge in [0.25, 0.3) is 0 Å². The number of halogens is 5. The lowest BCUT2D eigenvalue weighted by atomic mass is 9.85. The molecule has 1 N–H and O–H groups in total. The second kappa shape index (κ2) is 8.01. The number of hydrogen-bond acceptors (Lipinski definition) is 3. The molecule has 1 saturated heterocycles.